The summed E-state index contributed by atoms with van der Waals surface area (Å²) < 4.78 is 5.54. The van der Waals surface area contributed by atoms with Gasteiger partial charge in [0.1, 0.15) is 12.4 Å². The Kier molecular flexibility index (Phi) is 4.37. The number of hydrogen-bond acceptors (Lipinski definition) is 1. The molecule has 0 fully saturated rings. The molecule has 1 nitrogen and oxygen atoms in total. The van der Waals surface area contributed by atoms with Gasteiger partial charge in [-0.1, -0.05) is 32.1 Å². The lowest BCUT2D eigenvalue weighted by Gasteiger charge is -2.12. The van der Waals surface area contributed by atoms with Gasteiger partial charge in [0.15, 0.2) is 0 Å². The molecular weight excluding hydrogens is 160 g/mol. The summed E-state index contributed by atoms with van der Waals surface area (Å²) in [5.41, 5.74) is 0. The summed E-state index contributed by atoms with van der Waals surface area (Å²) in [6.07, 6.45) is 12.8. The monoisotopic (exact) mass is 178 g/mol. The van der Waals surface area contributed by atoms with Crippen LogP contribution in [0.1, 0.15) is 26.7 Å². The van der Waals surface area contributed by atoms with Crippen molar-refractivity contribution in [1.29, 1.82) is 0 Å². The average Bonchev–Trinajstić information content (AvgIpc) is 2.13. The summed E-state index contributed by atoms with van der Waals surface area (Å²) in [5, 5.41) is 0. The van der Waals surface area contributed by atoms with E-state index in [-0.39, 0.29) is 0 Å². The van der Waals surface area contributed by atoms with Crippen LogP contribution in [-0.2, 0) is 4.74 Å². The highest BCUT2D eigenvalue weighted by Crippen LogP contribution is 2.16. The van der Waals surface area contributed by atoms with Crippen molar-refractivity contribution in [3.05, 3.63) is 36.1 Å². The Labute approximate surface area is 80.8 Å². The third kappa shape index (κ3) is 3.97. The first-order valence-electron chi connectivity index (χ1n) is 4.99. The van der Waals surface area contributed by atoms with Crippen molar-refractivity contribution >= 4 is 0 Å². The van der Waals surface area contributed by atoms with Crippen molar-refractivity contribution in [1.82, 2.24) is 0 Å². The Hall–Kier alpha value is -0.980. The summed E-state index contributed by atoms with van der Waals surface area (Å²) in [6, 6.07) is 0. The van der Waals surface area contributed by atoms with Gasteiger partial charge < -0.3 is 4.74 Å². The largest absolute Gasteiger partial charge is 0.490 e. The fourth-order valence-corrected chi connectivity index (χ4v) is 1.28. The summed E-state index contributed by atoms with van der Waals surface area (Å²) in [6.45, 7) is 5.02. The maximum Gasteiger partial charge on any atom is 0.115 e. The van der Waals surface area contributed by atoms with Gasteiger partial charge in [-0.3, -0.25) is 0 Å². The van der Waals surface area contributed by atoms with Gasteiger partial charge in [0, 0.05) is 0 Å². The van der Waals surface area contributed by atoms with Crippen molar-refractivity contribution in [2.45, 2.75) is 26.7 Å². The maximum atomic E-state index is 5.54. The first-order chi connectivity index (χ1) is 6.33. The zero-order valence-corrected chi connectivity index (χ0v) is 8.49. The lowest BCUT2D eigenvalue weighted by atomic mass is 10.0. The highest BCUT2D eigenvalue weighted by Gasteiger charge is 2.03. The molecule has 1 heteroatoms. The predicted octanol–water partition coefficient (Wildman–Crippen LogP) is 3.45. The summed E-state index contributed by atoms with van der Waals surface area (Å²) >= 11 is 0. The molecule has 0 radical (unpaired) electrons. The smallest absolute Gasteiger partial charge is 0.115 e. The second-order valence-corrected chi connectivity index (χ2v) is 3.38. The van der Waals surface area contributed by atoms with Crippen LogP contribution in [-0.4, -0.2) is 6.61 Å². The predicted molar refractivity (Wildman–Crippen MR) is 56.4 cm³/mol. The first kappa shape index (κ1) is 10.1. The van der Waals surface area contributed by atoms with Gasteiger partial charge in [-0.15, -0.1) is 0 Å². The fraction of sp³-hybridized carbons (Fsp3) is 0.500. The van der Waals surface area contributed by atoms with E-state index in [1.165, 1.54) is 0 Å². The highest BCUT2D eigenvalue weighted by molar-refractivity contribution is 5.18. The molecule has 0 saturated carbocycles. The van der Waals surface area contributed by atoms with Crippen molar-refractivity contribution < 1.29 is 4.74 Å². The molecule has 0 aromatic carbocycles. The van der Waals surface area contributed by atoms with E-state index in [0.29, 0.717) is 12.5 Å². The lowest BCUT2D eigenvalue weighted by molar-refractivity contribution is 0.256. The molecule has 13 heavy (non-hydrogen) atoms. The zero-order valence-electron chi connectivity index (χ0n) is 8.49. The van der Waals surface area contributed by atoms with E-state index in [4.69, 9.17) is 4.74 Å². The molecule has 1 atom stereocenters. The van der Waals surface area contributed by atoms with E-state index in [1.807, 2.05) is 0 Å². The number of allylic oxidation sites excluding steroid dienone is 4. The molecule has 1 aliphatic rings. The number of rotatable bonds is 4. The Morgan fingerprint density at radius 2 is 2.38 bits per heavy atom. The van der Waals surface area contributed by atoms with E-state index < -0.39 is 0 Å². The Morgan fingerprint density at radius 3 is 3.08 bits per heavy atom. The van der Waals surface area contributed by atoms with Gasteiger partial charge >= 0.3 is 0 Å². The molecule has 72 valence electrons. The molecule has 0 N–H and O–H groups in total. The van der Waals surface area contributed by atoms with Gasteiger partial charge in [0.2, 0.25) is 0 Å². The fourth-order valence-electron chi connectivity index (χ4n) is 1.28. The molecule has 1 unspecified atom stereocenters. The molecule has 0 saturated heterocycles. The Balaban J connectivity index is 2.28. The average molecular weight is 178 g/mol. The van der Waals surface area contributed by atoms with Crippen molar-refractivity contribution in [3.63, 3.8) is 0 Å². The minimum Gasteiger partial charge on any atom is -0.490 e. The van der Waals surface area contributed by atoms with E-state index in [2.05, 4.69) is 44.2 Å². The van der Waals surface area contributed by atoms with Gasteiger partial charge in [0.25, 0.3) is 0 Å². The summed E-state index contributed by atoms with van der Waals surface area (Å²) in [5.74, 6) is 1.63. The molecule has 0 aliphatic heterocycles. The second-order valence-electron chi connectivity index (χ2n) is 3.38. The third-order valence-electron chi connectivity index (χ3n) is 1.99. The normalized spacial score (nSPS) is 22.0. The van der Waals surface area contributed by atoms with Crippen molar-refractivity contribution in [2.24, 2.45) is 5.92 Å². The van der Waals surface area contributed by atoms with Crippen LogP contribution in [0.3, 0.4) is 0 Å². The molecule has 0 aromatic heterocycles. The van der Waals surface area contributed by atoms with Crippen LogP contribution in [0.25, 0.3) is 0 Å². The van der Waals surface area contributed by atoms with Gasteiger partial charge in [-0.05, 0) is 30.9 Å². The van der Waals surface area contributed by atoms with Crippen LogP contribution < -0.4 is 0 Å². The van der Waals surface area contributed by atoms with Crippen molar-refractivity contribution in [3.8, 4) is 0 Å². The number of ether oxygens (including phenoxy) is 1. The maximum absolute atomic E-state index is 5.54. The zero-order chi connectivity index (χ0) is 9.52. The molecule has 0 amide bonds. The molecule has 0 bridgehead atoms. The summed E-state index contributed by atoms with van der Waals surface area (Å²) in [7, 11) is 0. The molecule has 0 heterocycles. The minimum absolute atomic E-state index is 0.621. The van der Waals surface area contributed by atoms with Crippen LogP contribution >= 0.6 is 0 Å². The van der Waals surface area contributed by atoms with Gasteiger partial charge in [-0.25, -0.2) is 0 Å². The van der Waals surface area contributed by atoms with Crippen LogP contribution in [0.4, 0.5) is 0 Å². The van der Waals surface area contributed by atoms with E-state index in [0.717, 1.165) is 18.6 Å². The van der Waals surface area contributed by atoms with Gasteiger partial charge in [-0.2, -0.15) is 0 Å². The molecule has 1 aliphatic carbocycles. The van der Waals surface area contributed by atoms with E-state index >= 15 is 0 Å². The minimum atomic E-state index is 0.621. The van der Waals surface area contributed by atoms with E-state index in [9.17, 15) is 0 Å². The Morgan fingerprint density at radius 1 is 1.54 bits per heavy atom. The van der Waals surface area contributed by atoms with Crippen molar-refractivity contribution in [2.75, 3.05) is 6.61 Å². The lowest BCUT2D eigenvalue weighted by Crippen LogP contribution is -1.98. The third-order valence-corrected chi connectivity index (χ3v) is 1.99. The number of hydrogen-bond donors (Lipinski definition) is 0. The standard InChI is InChI=1S/C12H18O/c1-3-4-5-9-13-12-8-6-7-11(2)10-12/h4-6,8,10-11H,3,7,9H2,1-2H3/b5-4-. The topological polar surface area (TPSA) is 9.23 Å². The van der Waals surface area contributed by atoms with E-state index in [1.54, 1.807) is 0 Å². The van der Waals surface area contributed by atoms with Crippen LogP contribution in [0.2, 0.25) is 0 Å². The molecule has 1 rings (SSSR count). The van der Waals surface area contributed by atoms with Gasteiger partial charge in [0.05, 0.1) is 0 Å². The molecular formula is C12H18O. The molecule has 0 spiro atoms. The second kappa shape index (κ2) is 5.63. The summed E-state index contributed by atoms with van der Waals surface area (Å²) in [4.78, 5) is 0. The van der Waals surface area contributed by atoms with Crippen LogP contribution in [0.5, 0.6) is 0 Å². The van der Waals surface area contributed by atoms with Crippen LogP contribution in [0, 0.1) is 5.92 Å². The SMILES string of the molecule is CC/C=C\COC1=CC(C)CC=C1. The first-order valence-corrected chi connectivity index (χ1v) is 4.99. The quantitative estimate of drug-likeness (QED) is 0.599. The highest BCUT2D eigenvalue weighted by atomic mass is 16.5. The van der Waals surface area contributed by atoms with Crippen LogP contribution in [0.15, 0.2) is 36.1 Å². The Bertz CT molecular complexity index is 223. The molecule has 0 aromatic rings.